The second-order valence-corrected chi connectivity index (χ2v) is 6.12. The molecule has 23 heavy (non-hydrogen) atoms. The van der Waals surface area contributed by atoms with Crippen LogP contribution in [0.15, 0.2) is 48.7 Å². The number of nitrogens with zero attached hydrogens (tertiary/aromatic N) is 2. The maximum atomic E-state index is 10.5. The van der Waals surface area contributed by atoms with Gasteiger partial charge in [0, 0.05) is 18.3 Å². The van der Waals surface area contributed by atoms with E-state index in [1.807, 2.05) is 30.3 Å². The lowest BCUT2D eigenvalue weighted by molar-refractivity contribution is 0.0538. The summed E-state index contributed by atoms with van der Waals surface area (Å²) in [5.41, 5.74) is 2.01. The summed E-state index contributed by atoms with van der Waals surface area (Å²) < 4.78 is 5.43. The number of aliphatic hydroxyl groups is 1. The second kappa shape index (κ2) is 7.57. The number of likely N-dealkylation sites (tertiary alicyclic amines) is 1. The van der Waals surface area contributed by atoms with Crippen molar-refractivity contribution in [1.29, 1.82) is 0 Å². The van der Waals surface area contributed by atoms with Crippen LogP contribution < -0.4 is 4.74 Å². The van der Waals surface area contributed by atoms with Crippen LogP contribution in [0.4, 0.5) is 0 Å². The summed E-state index contributed by atoms with van der Waals surface area (Å²) in [6.07, 6.45) is 3.28. The Hall–Kier alpha value is -1.91. The largest absolute Gasteiger partial charge is 0.496 e. The third kappa shape index (κ3) is 3.89. The topological polar surface area (TPSA) is 45.6 Å². The van der Waals surface area contributed by atoms with Gasteiger partial charge >= 0.3 is 0 Å². The van der Waals surface area contributed by atoms with Gasteiger partial charge in [-0.3, -0.25) is 9.88 Å². The van der Waals surface area contributed by atoms with Gasteiger partial charge in [0.1, 0.15) is 5.75 Å². The highest BCUT2D eigenvalue weighted by molar-refractivity contribution is 5.33. The SMILES string of the molecule is COc1ccccc1CN1CCC(C(O)c2ccccn2)CC1. The zero-order valence-corrected chi connectivity index (χ0v) is 13.6. The summed E-state index contributed by atoms with van der Waals surface area (Å²) in [5.74, 6) is 1.24. The Bertz CT molecular complexity index is 610. The van der Waals surface area contributed by atoms with E-state index in [0.717, 1.165) is 43.9 Å². The molecule has 1 fully saturated rings. The molecule has 0 spiro atoms. The van der Waals surface area contributed by atoms with Crippen molar-refractivity contribution in [2.24, 2.45) is 5.92 Å². The Labute approximate surface area is 137 Å². The van der Waals surface area contributed by atoms with Crippen LogP contribution in [0.5, 0.6) is 5.75 Å². The summed E-state index contributed by atoms with van der Waals surface area (Å²) in [6, 6.07) is 13.9. The third-order valence-corrected chi connectivity index (χ3v) is 4.66. The molecule has 0 radical (unpaired) electrons. The fourth-order valence-corrected chi connectivity index (χ4v) is 3.29. The minimum atomic E-state index is -0.454. The summed E-state index contributed by atoms with van der Waals surface area (Å²) in [4.78, 5) is 6.71. The molecule has 2 aromatic rings. The molecule has 1 aromatic carbocycles. The van der Waals surface area contributed by atoms with Gasteiger partial charge in [-0.2, -0.15) is 0 Å². The number of rotatable bonds is 5. The van der Waals surface area contributed by atoms with E-state index in [1.54, 1.807) is 13.3 Å². The lowest BCUT2D eigenvalue weighted by Gasteiger charge is -2.34. The number of hydrogen-bond acceptors (Lipinski definition) is 4. The quantitative estimate of drug-likeness (QED) is 0.922. The van der Waals surface area contributed by atoms with Gasteiger partial charge in [-0.05, 0) is 50.0 Å². The van der Waals surface area contributed by atoms with E-state index in [1.165, 1.54) is 5.56 Å². The van der Waals surface area contributed by atoms with Gasteiger partial charge in [-0.1, -0.05) is 24.3 Å². The maximum absolute atomic E-state index is 10.5. The minimum Gasteiger partial charge on any atom is -0.496 e. The Morgan fingerprint density at radius 2 is 1.91 bits per heavy atom. The summed E-state index contributed by atoms with van der Waals surface area (Å²) in [5, 5.41) is 10.5. The molecule has 0 amide bonds. The predicted octanol–water partition coefficient (Wildman–Crippen LogP) is 3.04. The molecule has 122 valence electrons. The van der Waals surface area contributed by atoms with Gasteiger partial charge < -0.3 is 9.84 Å². The van der Waals surface area contributed by atoms with Gasteiger partial charge in [0.2, 0.25) is 0 Å². The smallest absolute Gasteiger partial charge is 0.123 e. The average Bonchev–Trinajstić information content (AvgIpc) is 2.63. The van der Waals surface area contributed by atoms with Crippen LogP contribution in [0, 0.1) is 5.92 Å². The highest BCUT2D eigenvalue weighted by atomic mass is 16.5. The fourth-order valence-electron chi connectivity index (χ4n) is 3.29. The molecule has 4 heteroatoms. The van der Waals surface area contributed by atoms with Gasteiger partial charge in [-0.15, -0.1) is 0 Å². The van der Waals surface area contributed by atoms with Crippen molar-refractivity contribution < 1.29 is 9.84 Å². The van der Waals surface area contributed by atoms with Gasteiger partial charge in [0.15, 0.2) is 0 Å². The normalized spacial score (nSPS) is 17.8. The maximum Gasteiger partial charge on any atom is 0.123 e. The second-order valence-electron chi connectivity index (χ2n) is 6.12. The first kappa shape index (κ1) is 16.0. The summed E-state index contributed by atoms with van der Waals surface area (Å²) in [7, 11) is 1.72. The molecule has 1 N–H and O–H groups in total. The van der Waals surface area contributed by atoms with E-state index in [4.69, 9.17) is 4.74 Å². The fraction of sp³-hybridized carbons (Fsp3) is 0.421. The molecule has 0 aliphatic carbocycles. The van der Waals surface area contributed by atoms with Crippen LogP contribution in [0.25, 0.3) is 0 Å². The van der Waals surface area contributed by atoms with E-state index in [9.17, 15) is 5.11 Å². The molecular formula is C19H24N2O2. The van der Waals surface area contributed by atoms with Crippen molar-refractivity contribution >= 4 is 0 Å². The van der Waals surface area contributed by atoms with E-state index in [0.29, 0.717) is 5.92 Å². The molecule has 1 atom stereocenters. The average molecular weight is 312 g/mol. The van der Waals surface area contributed by atoms with Crippen LogP contribution in [-0.4, -0.2) is 35.2 Å². The molecule has 3 rings (SSSR count). The van der Waals surface area contributed by atoms with Crippen molar-refractivity contribution in [2.45, 2.75) is 25.5 Å². The molecule has 1 aliphatic heterocycles. The van der Waals surface area contributed by atoms with Crippen LogP contribution in [0.2, 0.25) is 0 Å². The van der Waals surface area contributed by atoms with Gasteiger partial charge in [0.25, 0.3) is 0 Å². The number of aromatic nitrogens is 1. The Morgan fingerprint density at radius 1 is 1.17 bits per heavy atom. The lowest BCUT2D eigenvalue weighted by atomic mass is 9.89. The number of pyridine rings is 1. The molecule has 0 bridgehead atoms. The van der Waals surface area contributed by atoms with E-state index in [-0.39, 0.29) is 0 Å². The Kier molecular flexibility index (Phi) is 5.26. The van der Waals surface area contributed by atoms with E-state index >= 15 is 0 Å². The molecule has 0 saturated carbocycles. The molecule has 1 aromatic heterocycles. The zero-order chi connectivity index (χ0) is 16.1. The van der Waals surface area contributed by atoms with Crippen LogP contribution >= 0.6 is 0 Å². The minimum absolute atomic E-state index is 0.291. The number of piperidine rings is 1. The van der Waals surface area contributed by atoms with Crippen LogP contribution in [-0.2, 0) is 6.54 Å². The Morgan fingerprint density at radius 3 is 2.61 bits per heavy atom. The highest BCUT2D eigenvalue weighted by Gasteiger charge is 2.27. The monoisotopic (exact) mass is 312 g/mol. The number of methoxy groups -OCH3 is 1. The number of hydrogen-bond donors (Lipinski definition) is 1. The highest BCUT2D eigenvalue weighted by Crippen LogP contribution is 2.30. The molecular weight excluding hydrogens is 288 g/mol. The van der Waals surface area contributed by atoms with Crippen LogP contribution in [0.1, 0.15) is 30.2 Å². The van der Waals surface area contributed by atoms with Crippen molar-refractivity contribution in [3.05, 3.63) is 59.9 Å². The van der Waals surface area contributed by atoms with E-state index < -0.39 is 6.10 Å². The van der Waals surface area contributed by atoms with Gasteiger partial charge in [0.05, 0.1) is 18.9 Å². The van der Waals surface area contributed by atoms with Crippen molar-refractivity contribution in [1.82, 2.24) is 9.88 Å². The number of ether oxygens (including phenoxy) is 1. The summed E-state index contributed by atoms with van der Waals surface area (Å²) >= 11 is 0. The first-order chi connectivity index (χ1) is 11.3. The Balaban J connectivity index is 1.56. The lowest BCUT2D eigenvalue weighted by Crippen LogP contribution is -2.35. The number of aliphatic hydroxyl groups excluding tert-OH is 1. The van der Waals surface area contributed by atoms with Gasteiger partial charge in [-0.25, -0.2) is 0 Å². The molecule has 1 aliphatic rings. The summed E-state index contributed by atoms with van der Waals surface area (Å²) in [6.45, 7) is 2.88. The predicted molar refractivity (Wildman–Crippen MR) is 90.2 cm³/mol. The van der Waals surface area contributed by atoms with Crippen molar-refractivity contribution in [3.8, 4) is 5.75 Å². The third-order valence-electron chi connectivity index (χ3n) is 4.66. The molecule has 2 heterocycles. The first-order valence-corrected chi connectivity index (χ1v) is 8.21. The first-order valence-electron chi connectivity index (χ1n) is 8.21. The number of para-hydroxylation sites is 1. The zero-order valence-electron chi connectivity index (χ0n) is 13.6. The molecule has 1 unspecified atom stereocenters. The molecule has 1 saturated heterocycles. The standard InChI is InChI=1S/C19H24N2O2/c1-23-18-8-3-2-6-16(18)14-21-12-9-15(10-13-21)19(22)17-7-4-5-11-20-17/h2-8,11,15,19,22H,9-10,12-14H2,1H3. The van der Waals surface area contributed by atoms with Crippen LogP contribution in [0.3, 0.4) is 0 Å². The van der Waals surface area contributed by atoms with E-state index in [2.05, 4.69) is 22.0 Å². The van der Waals surface area contributed by atoms with Crippen molar-refractivity contribution in [2.75, 3.05) is 20.2 Å². The van der Waals surface area contributed by atoms with Crippen molar-refractivity contribution in [3.63, 3.8) is 0 Å². The number of benzene rings is 1. The molecule has 4 nitrogen and oxygen atoms in total.